The summed E-state index contributed by atoms with van der Waals surface area (Å²) in [7, 11) is 4.28. The van der Waals surface area contributed by atoms with Gasteiger partial charge in [-0.25, -0.2) is 9.13 Å². The Morgan fingerprint density at radius 3 is 2.21 bits per heavy atom. The summed E-state index contributed by atoms with van der Waals surface area (Å²) >= 11 is 0. The molecule has 4 heteroatoms. The van der Waals surface area contributed by atoms with Gasteiger partial charge in [-0.2, -0.15) is 0 Å². The first-order valence-electron chi connectivity index (χ1n) is 13.8. The van der Waals surface area contributed by atoms with E-state index in [1.807, 2.05) is 0 Å². The topological polar surface area (TPSA) is 34.8 Å². The van der Waals surface area contributed by atoms with Gasteiger partial charge in [-0.15, -0.1) is 0 Å². The molecule has 0 spiro atoms. The smallest absolute Gasteiger partial charge is 0.293 e. The molecule has 0 unspecified atom stereocenters. The standard InChI is InChI=1S/C35H38N3O/c1-21-17-18-24-23-13-12-14-25(26-19-22(34(2,3)4)20-29(36-26)35(5,6)7)31(23)39-32(24)30(21)33-37(8)27-15-10-11-16-28(27)38(33)9/h10-20H,1-9H3/q+1. The van der Waals surface area contributed by atoms with Crippen LogP contribution in [0.3, 0.4) is 0 Å². The van der Waals surface area contributed by atoms with Crippen molar-refractivity contribution in [2.75, 3.05) is 0 Å². The van der Waals surface area contributed by atoms with Crippen molar-refractivity contribution < 1.29 is 8.98 Å². The van der Waals surface area contributed by atoms with E-state index in [1.165, 1.54) is 22.2 Å². The van der Waals surface area contributed by atoms with Crippen molar-refractivity contribution >= 4 is 33.0 Å². The van der Waals surface area contributed by atoms with E-state index >= 15 is 0 Å². The summed E-state index contributed by atoms with van der Waals surface area (Å²) in [6, 6.07) is 23.9. The van der Waals surface area contributed by atoms with Crippen LogP contribution >= 0.6 is 0 Å². The van der Waals surface area contributed by atoms with Crippen molar-refractivity contribution in [1.82, 2.24) is 9.55 Å². The molecule has 3 aromatic heterocycles. The molecule has 0 fully saturated rings. The van der Waals surface area contributed by atoms with Crippen molar-refractivity contribution in [2.45, 2.75) is 59.3 Å². The Balaban J connectivity index is 1.67. The SMILES string of the molecule is Cc1ccc2c(oc3c(-c4cc(C(C)(C)C)cc(C(C)(C)C)n4)cccc32)c1-c1n(C)c2ccccc2[n+]1C. The van der Waals surface area contributed by atoms with Gasteiger partial charge >= 0.3 is 0 Å². The zero-order valence-corrected chi connectivity index (χ0v) is 24.6. The summed E-state index contributed by atoms with van der Waals surface area (Å²) < 4.78 is 11.4. The molecule has 198 valence electrons. The molecule has 0 bridgehead atoms. The predicted octanol–water partition coefficient (Wildman–Crippen LogP) is 8.53. The van der Waals surface area contributed by atoms with Gasteiger partial charge in [0.05, 0.1) is 19.8 Å². The van der Waals surface area contributed by atoms with Crippen molar-refractivity contribution in [3.05, 3.63) is 83.6 Å². The third-order valence-corrected chi connectivity index (χ3v) is 8.07. The first kappa shape index (κ1) is 25.4. The molecule has 4 nitrogen and oxygen atoms in total. The van der Waals surface area contributed by atoms with Crippen molar-refractivity contribution in [2.24, 2.45) is 14.1 Å². The number of para-hydroxylation sites is 3. The van der Waals surface area contributed by atoms with Gasteiger partial charge in [0.1, 0.15) is 11.1 Å². The highest BCUT2D eigenvalue weighted by atomic mass is 16.3. The molecule has 0 aliphatic rings. The van der Waals surface area contributed by atoms with Crippen molar-refractivity contribution in [1.29, 1.82) is 0 Å². The lowest BCUT2D eigenvalue weighted by molar-refractivity contribution is -0.634. The highest BCUT2D eigenvalue weighted by molar-refractivity contribution is 6.13. The van der Waals surface area contributed by atoms with E-state index in [0.29, 0.717) is 0 Å². The maximum Gasteiger partial charge on any atom is 0.293 e. The average molecular weight is 517 g/mol. The van der Waals surface area contributed by atoms with Crippen LogP contribution in [0, 0.1) is 6.92 Å². The van der Waals surface area contributed by atoms with Crippen LogP contribution < -0.4 is 4.57 Å². The fourth-order valence-electron chi connectivity index (χ4n) is 5.75. The van der Waals surface area contributed by atoms with E-state index in [0.717, 1.165) is 50.3 Å². The molecular formula is C35H38N3O+. The Labute approximate surface area is 230 Å². The monoisotopic (exact) mass is 516 g/mol. The molecule has 0 aliphatic heterocycles. The van der Waals surface area contributed by atoms with E-state index in [9.17, 15) is 0 Å². The first-order valence-corrected chi connectivity index (χ1v) is 13.8. The van der Waals surface area contributed by atoms with Gasteiger partial charge in [-0.05, 0) is 53.8 Å². The number of aromatic nitrogens is 3. The average Bonchev–Trinajstić information content (AvgIpc) is 3.38. The minimum absolute atomic E-state index is 0.00698. The molecule has 0 radical (unpaired) electrons. The highest BCUT2D eigenvalue weighted by Gasteiger charge is 2.28. The third kappa shape index (κ3) is 3.96. The Kier molecular flexibility index (Phi) is 5.55. The highest BCUT2D eigenvalue weighted by Crippen LogP contribution is 2.41. The number of aryl methyl sites for hydroxylation is 3. The van der Waals surface area contributed by atoms with Crippen molar-refractivity contribution in [3.63, 3.8) is 0 Å². The predicted molar refractivity (Wildman–Crippen MR) is 162 cm³/mol. The van der Waals surface area contributed by atoms with Crippen LogP contribution in [0.2, 0.25) is 0 Å². The summed E-state index contributed by atoms with van der Waals surface area (Å²) in [4.78, 5) is 5.20. The van der Waals surface area contributed by atoms with E-state index in [2.05, 4.69) is 138 Å². The summed E-state index contributed by atoms with van der Waals surface area (Å²) in [6.07, 6.45) is 0. The van der Waals surface area contributed by atoms with E-state index in [4.69, 9.17) is 9.40 Å². The lowest BCUT2D eigenvalue weighted by atomic mass is 9.82. The van der Waals surface area contributed by atoms with Gasteiger partial charge in [-0.3, -0.25) is 4.98 Å². The van der Waals surface area contributed by atoms with E-state index in [1.54, 1.807) is 0 Å². The molecule has 0 saturated carbocycles. The van der Waals surface area contributed by atoms with Crippen LogP contribution in [-0.4, -0.2) is 9.55 Å². The number of furan rings is 1. The van der Waals surface area contributed by atoms with Gasteiger partial charge in [0, 0.05) is 27.4 Å². The minimum Gasteiger partial charge on any atom is -0.454 e. The normalized spacial score (nSPS) is 12.7. The fourth-order valence-corrected chi connectivity index (χ4v) is 5.75. The number of nitrogens with zero attached hydrogens (tertiary/aromatic N) is 3. The molecule has 0 aliphatic carbocycles. The summed E-state index contributed by atoms with van der Waals surface area (Å²) in [5.41, 5.74) is 10.8. The molecule has 0 amide bonds. The van der Waals surface area contributed by atoms with Crippen LogP contribution in [0.25, 0.3) is 55.6 Å². The van der Waals surface area contributed by atoms with Gasteiger partial charge in [0.2, 0.25) is 0 Å². The van der Waals surface area contributed by atoms with Gasteiger partial charge in [-0.1, -0.05) is 77.9 Å². The van der Waals surface area contributed by atoms with Crippen LogP contribution in [0.15, 0.2) is 71.1 Å². The van der Waals surface area contributed by atoms with Crippen LogP contribution in [0.5, 0.6) is 0 Å². The Bertz CT molecular complexity index is 1830. The molecule has 0 N–H and O–H groups in total. The second kappa shape index (κ2) is 8.54. The molecule has 0 atom stereocenters. The van der Waals surface area contributed by atoms with Crippen LogP contribution in [0.1, 0.15) is 58.4 Å². The number of hydrogen-bond donors (Lipinski definition) is 0. The van der Waals surface area contributed by atoms with E-state index in [-0.39, 0.29) is 10.8 Å². The Morgan fingerprint density at radius 1 is 0.795 bits per heavy atom. The largest absolute Gasteiger partial charge is 0.454 e. The quantitative estimate of drug-likeness (QED) is 0.216. The van der Waals surface area contributed by atoms with Crippen LogP contribution in [-0.2, 0) is 24.9 Å². The first-order chi connectivity index (χ1) is 18.4. The van der Waals surface area contributed by atoms with Gasteiger partial charge in [0.25, 0.3) is 5.82 Å². The van der Waals surface area contributed by atoms with Gasteiger partial charge in [0.15, 0.2) is 16.6 Å². The number of imidazole rings is 1. The maximum absolute atomic E-state index is 6.89. The molecule has 39 heavy (non-hydrogen) atoms. The van der Waals surface area contributed by atoms with Gasteiger partial charge < -0.3 is 4.42 Å². The second-order valence-corrected chi connectivity index (χ2v) is 13.0. The number of benzene rings is 3. The Morgan fingerprint density at radius 2 is 1.51 bits per heavy atom. The fraction of sp³-hybridized carbons (Fsp3) is 0.314. The molecule has 6 aromatic rings. The number of fused-ring (bicyclic) bond motifs is 4. The summed E-state index contributed by atoms with van der Waals surface area (Å²) in [6.45, 7) is 15.6. The zero-order valence-electron chi connectivity index (χ0n) is 24.6. The lowest BCUT2D eigenvalue weighted by Gasteiger charge is -2.25. The number of hydrogen-bond acceptors (Lipinski definition) is 2. The molecule has 3 aromatic carbocycles. The molecule has 0 saturated heterocycles. The zero-order chi connectivity index (χ0) is 27.9. The van der Waals surface area contributed by atoms with Crippen molar-refractivity contribution in [3.8, 4) is 22.6 Å². The minimum atomic E-state index is -0.0641. The van der Waals surface area contributed by atoms with E-state index < -0.39 is 0 Å². The lowest BCUT2D eigenvalue weighted by Crippen LogP contribution is -2.30. The third-order valence-electron chi connectivity index (χ3n) is 8.07. The second-order valence-electron chi connectivity index (χ2n) is 13.0. The number of pyridine rings is 1. The molecule has 3 heterocycles. The summed E-state index contributed by atoms with van der Waals surface area (Å²) in [5.74, 6) is 1.13. The van der Waals surface area contributed by atoms with Crippen LogP contribution in [0.4, 0.5) is 0 Å². The molecule has 6 rings (SSSR count). The maximum atomic E-state index is 6.89. The number of rotatable bonds is 2. The summed E-state index contributed by atoms with van der Waals surface area (Å²) in [5, 5.41) is 2.24. The Hall–Kier alpha value is -3.92. The molecular weight excluding hydrogens is 478 g/mol.